The number of anilines is 1. The van der Waals surface area contributed by atoms with Gasteiger partial charge in [0.25, 0.3) is 0 Å². The Labute approximate surface area is 149 Å². The number of carbonyl (C=O) groups excluding carboxylic acids is 1. The van der Waals surface area contributed by atoms with Crippen molar-refractivity contribution in [2.45, 2.75) is 38.8 Å². The predicted molar refractivity (Wildman–Crippen MR) is 95.3 cm³/mol. The third-order valence-electron chi connectivity index (χ3n) is 4.02. The third-order valence-corrected chi connectivity index (χ3v) is 4.56. The van der Waals surface area contributed by atoms with E-state index in [2.05, 4.69) is 30.9 Å². The molecule has 0 aromatic carbocycles. The SMILES string of the molecule is CN(C(=O)OC(C)(C)C)[C@H]1CCN(c2ccc3ncc(Br)n3n2)C1. The van der Waals surface area contributed by atoms with Crippen LogP contribution in [-0.4, -0.2) is 57.4 Å². The molecule has 0 spiro atoms. The highest BCUT2D eigenvalue weighted by molar-refractivity contribution is 9.10. The van der Waals surface area contributed by atoms with E-state index in [0.29, 0.717) is 0 Å². The minimum Gasteiger partial charge on any atom is -0.444 e. The topological polar surface area (TPSA) is 63.0 Å². The molecule has 1 aliphatic rings. The summed E-state index contributed by atoms with van der Waals surface area (Å²) < 4.78 is 8.03. The number of likely N-dealkylation sites (N-methyl/N-ethyl adjacent to an activating group) is 1. The fourth-order valence-electron chi connectivity index (χ4n) is 2.75. The molecule has 2 aromatic heterocycles. The van der Waals surface area contributed by atoms with Crippen LogP contribution in [0.2, 0.25) is 0 Å². The van der Waals surface area contributed by atoms with Crippen LogP contribution in [0.5, 0.6) is 0 Å². The smallest absolute Gasteiger partial charge is 0.410 e. The maximum Gasteiger partial charge on any atom is 0.410 e. The van der Waals surface area contributed by atoms with Crippen LogP contribution in [0.25, 0.3) is 5.65 Å². The first-order valence-electron chi connectivity index (χ1n) is 7.95. The largest absolute Gasteiger partial charge is 0.444 e. The maximum absolute atomic E-state index is 12.2. The Morgan fingerprint density at radius 3 is 2.88 bits per heavy atom. The van der Waals surface area contributed by atoms with E-state index in [1.165, 1.54) is 0 Å². The molecule has 0 unspecified atom stereocenters. The Morgan fingerprint density at radius 2 is 2.17 bits per heavy atom. The zero-order valence-electron chi connectivity index (χ0n) is 14.4. The molecular formula is C16H22BrN5O2. The molecule has 3 heterocycles. The molecule has 0 radical (unpaired) electrons. The predicted octanol–water partition coefficient (Wildman–Crippen LogP) is 2.94. The van der Waals surface area contributed by atoms with Crippen molar-refractivity contribution in [3.8, 4) is 0 Å². The van der Waals surface area contributed by atoms with Crippen molar-refractivity contribution < 1.29 is 9.53 Å². The van der Waals surface area contributed by atoms with E-state index in [1.807, 2.05) is 32.9 Å². The van der Waals surface area contributed by atoms with Gasteiger partial charge in [-0.1, -0.05) is 0 Å². The van der Waals surface area contributed by atoms with E-state index in [-0.39, 0.29) is 12.1 Å². The lowest BCUT2D eigenvalue weighted by molar-refractivity contribution is 0.0238. The van der Waals surface area contributed by atoms with Gasteiger partial charge >= 0.3 is 6.09 Å². The molecule has 1 aliphatic heterocycles. The van der Waals surface area contributed by atoms with E-state index in [1.54, 1.807) is 22.7 Å². The molecule has 130 valence electrons. The lowest BCUT2D eigenvalue weighted by Gasteiger charge is -2.28. The highest BCUT2D eigenvalue weighted by atomic mass is 79.9. The Hall–Kier alpha value is -1.83. The Balaban J connectivity index is 1.70. The number of ether oxygens (including phenoxy) is 1. The highest BCUT2D eigenvalue weighted by Crippen LogP contribution is 2.23. The fourth-order valence-corrected chi connectivity index (χ4v) is 3.12. The van der Waals surface area contributed by atoms with Gasteiger partial charge < -0.3 is 14.5 Å². The van der Waals surface area contributed by atoms with E-state index in [0.717, 1.165) is 35.6 Å². The number of carbonyl (C=O) groups is 1. The number of nitrogens with zero attached hydrogens (tertiary/aromatic N) is 5. The summed E-state index contributed by atoms with van der Waals surface area (Å²) in [4.78, 5) is 20.3. The molecule has 8 heteroatoms. The molecule has 0 saturated carbocycles. The van der Waals surface area contributed by atoms with Gasteiger partial charge in [0.1, 0.15) is 16.0 Å². The maximum atomic E-state index is 12.2. The van der Waals surface area contributed by atoms with Gasteiger partial charge in [-0.3, -0.25) is 0 Å². The van der Waals surface area contributed by atoms with Gasteiger partial charge in [0.05, 0.1) is 12.2 Å². The second-order valence-corrected chi connectivity index (χ2v) is 7.83. The summed E-state index contributed by atoms with van der Waals surface area (Å²) in [5, 5.41) is 4.61. The molecule has 0 N–H and O–H groups in total. The molecule has 3 rings (SSSR count). The van der Waals surface area contributed by atoms with E-state index in [9.17, 15) is 4.79 Å². The molecule has 2 aromatic rings. The summed E-state index contributed by atoms with van der Waals surface area (Å²) in [5.74, 6) is 0.876. The first-order chi connectivity index (χ1) is 11.2. The standard InChI is InChI=1S/C16H22BrN5O2/c1-16(2,3)24-15(23)20(4)11-7-8-21(10-11)14-6-5-13-18-9-12(17)22(13)19-14/h5-6,9,11H,7-8,10H2,1-4H3/t11-/m0/s1. The number of hydrogen-bond donors (Lipinski definition) is 0. The first kappa shape index (κ1) is 17.0. The lowest BCUT2D eigenvalue weighted by Crippen LogP contribution is -2.42. The van der Waals surface area contributed by atoms with Crippen molar-refractivity contribution in [1.29, 1.82) is 0 Å². The minimum absolute atomic E-state index is 0.114. The molecule has 0 bridgehead atoms. The minimum atomic E-state index is -0.482. The summed E-state index contributed by atoms with van der Waals surface area (Å²) in [6.07, 6.45) is 2.34. The Kier molecular flexibility index (Phi) is 4.42. The molecular weight excluding hydrogens is 374 g/mol. The van der Waals surface area contributed by atoms with Gasteiger partial charge in [0.2, 0.25) is 0 Å². The quantitative estimate of drug-likeness (QED) is 0.781. The van der Waals surface area contributed by atoms with Crippen LogP contribution in [0.3, 0.4) is 0 Å². The van der Waals surface area contributed by atoms with Crippen molar-refractivity contribution in [3.05, 3.63) is 22.9 Å². The normalized spacial score (nSPS) is 18.2. The monoisotopic (exact) mass is 395 g/mol. The van der Waals surface area contributed by atoms with Gasteiger partial charge in [-0.25, -0.2) is 14.3 Å². The summed E-state index contributed by atoms with van der Waals surface area (Å²) >= 11 is 3.44. The second-order valence-electron chi connectivity index (χ2n) is 7.02. The Morgan fingerprint density at radius 1 is 1.42 bits per heavy atom. The fraction of sp³-hybridized carbons (Fsp3) is 0.562. The number of rotatable bonds is 2. The van der Waals surface area contributed by atoms with Crippen LogP contribution in [-0.2, 0) is 4.74 Å². The molecule has 0 aliphatic carbocycles. The van der Waals surface area contributed by atoms with Crippen molar-refractivity contribution in [2.24, 2.45) is 0 Å². The number of hydrogen-bond acceptors (Lipinski definition) is 5. The van der Waals surface area contributed by atoms with Crippen molar-refractivity contribution in [3.63, 3.8) is 0 Å². The average Bonchev–Trinajstić information content (AvgIpc) is 3.12. The van der Waals surface area contributed by atoms with E-state index < -0.39 is 5.60 Å². The summed E-state index contributed by atoms with van der Waals surface area (Å²) in [5.41, 5.74) is 0.316. The molecule has 1 fully saturated rings. The highest BCUT2D eigenvalue weighted by Gasteiger charge is 2.31. The number of amides is 1. The van der Waals surface area contributed by atoms with Gasteiger partial charge in [-0.2, -0.15) is 0 Å². The number of halogens is 1. The van der Waals surface area contributed by atoms with E-state index in [4.69, 9.17) is 4.74 Å². The number of imidazole rings is 1. The van der Waals surface area contributed by atoms with Crippen LogP contribution in [0.15, 0.2) is 22.9 Å². The molecule has 7 nitrogen and oxygen atoms in total. The van der Waals surface area contributed by atoms with Gasteiger partial charge in [0.15, 0.2) is 5.65 Å². The van der Waals surface area contributed by atoms with Gasteiger partial charge in [-0.05, 0) is 55.3 Å². The van der Waals surface area contributed by atoms with Crippen LogP contribution in [0, 0.1) is 0 Å². The second kappa shape index (κ2) is 6.23. The lowest BCUT2D eigenvalue weighted by atomic mass is 10.2. The number of aromatic nitrogens is 3. The third kappa shape index (κ3) is 3.48. The Bertz CT molecular complexity index is 754. The zero-order valence-corrected chi connectivity index (χ0v) is 15.9. The molecule has 24 heavy (non-hydrogen) atoms. The molecule has 1 saturated heterocycles. The zero-order chi connectivity index (χ0) is 17.5. The van der Waals surface area contributed by atoms with Crippen LogP contribution >= 0.6 is 15.9 Å². The summed E-state index contributed by atoms with van der Waals surface area (Å²) in [6, 6.07) is 4.02. The van der Waals surface area contributed by atoms with Crippen LogP contribution < -0.4 is 4.90 Å². The average molecular weight is 396 g/mol. The van der Waals surface area contributed by atoms with Crippen molar-refractivity contribution in [1.82, 2.24) is 19.5 Å². The van der Waals surface area contributed by atoms with Crippen LogP contribution in [0.1, 0.15) is 27.2 Å². The van der Waals surface area contributed by atoms with Crippen molar-refractivity contribution in [2.75, 3.05) is 25.0 Å². The van der Waals surface area contributed by atoms with Gasteiger partial charge in [-0.15, -0.1) is 5.10 Å². The first-order valence-corrected chi connectivity index (χ1v) is 8.75. The number of fused-ring (bicyclic) bond motifs is 1. The molecule has 1 amide bonds. The summed E-state index contributed by atoms with van der Waals surface area (Å²) in [6.45, 7) is 7.22. The van der Waals surface area contributed by atoms with Crippen LogP contribution in [0.4, 0.5) is 10.6 Å². The van der Waals surface area contributed by atoms with Gasteiger partial charge in [0, 0.05) is 20.1 Å². The molecule has 1 atom stereocenters. The van der Waals surface area contributed by atoms with E-state index >= 15 is 0 Å². The van der Waals surface area contributed by atoms with Crippen molar-refractivity contribution >= 4 is 33.5 Å². The summed E-state index contributed by atoms with van der Waals surface area (Å²) in [7, 11) is 1.80.